The lowest BCUT2D eigenvalue weighted by Gasteiger charge is -2.54. The molecule has 0 bridgehead atoms. The fraction of sp³-hybridized carbons (Fsp3) is 0.588. The molecular formula is C17H23N3O4. The Hall–Kier alpha value is -2.15. The number of carbonyl (C=O) groups excluding carboxylic acids is 1. The van der Waals surface area contributed by atoms with Crippen molar-refractivity contribution in [2.24, 2.45) is 11.3 Å². The molecule has 1 aromatic carbocycles. The van der Waals surface area contributed by atoms with Crippen LogP contribution < -0.4 is 10.6 Å². The van der Waals surface area contributed by atoms with Crippen molar-refractivity contribution in [3.8, 4) is 0 Å². The first-order valence-electron chi connectivity index (χ1n) is 8.23. The lowest BCUT2D eigenvalue weighted by molar-refractivity contribution is -0.384. The molecule has 1 heterocycles. The van der Waals surface area contributed by atoms with Crippen molar-refractivity contribution in [1.29, 1.82) is 0 Å². The summed E-state index contributed by atoms with van der Waals surface area (Å²) in [4.78, 5) is 22.8. The average molecular weight is 333 g/mol. The van der Waals surface area contributed by atoms with Crippen LogP contribution in [-0.4, -0.2) is 29.7 Å². The number of carbonyl (C=O) groups is 1. The van der Waals surface area contributed by atoms with Gasteiger partial charge in [-0.3, -0.25) is 10.1 Å². The maximum atomic E-state index is 12.3. The van der Waals surface area contributed by atoms with Crippen LogP contribution in [-0.2, 0) is 4.74 Å². The van der Waals surface area contributed by atoms with Crippen molar-refractivity contribution in [2.75, 3.05) is 6.61 Å². The first-order chi connectivity index (χ1) is 11.3. The molecule has 2 aliphatic rings. The molecule has 3 rings (SSSR count). The van der Waals surface area contributed by atoms with Gasteiger partial charge in [0.25, 0.3) is 5.69 Å². The number of fused-ring (bicyclic) bond motifs is 1. The van der Waals surface area contributed by atoms with Gasteiger partial charge in [0, 0.05) is 36.1 Å². The predicted molar refractivity (Wildman–Crippen MR) is 88.6 cm³/mol. The van der Waals surface area contributed by atoms with Crippen molar-refractivity contribution in [3.63, 3.8) is 0 Å². The number of non-ortho nitro benzene ring substituents is 1. The van der Waals surface area contributed by atoms with Crippen molar-refractivity contribution >= 4 is 11.7 Å². The lowest BCUT2D eigenvalue weighted by Crippen LogP contribution is -2.67. The van der Waals surface area contributed by atoms with Gasteiger partial charge in [-0.2, -0.15) is 0 Å². The van der Waals surface area contributed by atoms with E-state index >= 15 is 0 Å². The average Bonchev–Trinajstić information content (AvgIpc) is 3.00. The van der Waals surface area contributed by atoms with Crippen LogP contribution in [0.2, 0.25) is 0 Å². The molecule has 0 radical (unpaired) electrons. The van der Waals surface area contributed by atoms with Crippen LogP contribution in [0.5, 0.6) is 0 Å². The zero-order valence-corrected chi connectivity index (χ0v) is 14.1. The molecule has 1 saturated heterocycles. The summed E-state index contributed by atoms with van der Waals surface area (Å²) in [7, 11) is 0. The molecule has 1 aromatic rings. The summed E-state index contributed by atoms with van der Waals surface area (Å²) in [6.07, 6.45) is 1.19. The summed E-state index contributed by atoms with van der Waals surface area (Å²) in [5.74, 6) is 0.374. The van der Waals surface area contributed by atoms with E-state index in [0.717, 1.165) is 13.0 Å². The normalized spacial score (nSPS) is 28.4. The summed E-state index contributed by atoms with van der Waals surface area (Å²) < 4.78 is 5.73. The van der Waals surface area contributed by atoms with E-state index in [1.807, 2.05) is 6.92 Å². The van der Waals surface area contributed by atoms with E-state index < -0.39 is 4.92 Å². The van der Waals surface area contributed by atoms with E-state index in [9.17, 15) is 14.9 Å². The fourth-order valence-electron chi connectivity index (χ4n) is 3.99. The summed E-state index contributed by atoms with van der Waals surface area (Å²) in [5, 5.41) is 16.8. The predicted octanol–water partition coefficient (Wildman–Crippen LogP) is 2.77. The van der Waals surface area contributed by atoms with Gasteiger partial charge in [-0.1, -0.05) is 26.0 Å². The summed E-state index contributed by atoms with van der Waals surface area (Å²) in [6, 6.07) is 5.83. The van der Waals surface area contributed by atoms with Crippen LogP contribution in [0.1, 0.15) is 38.8 Å². The third kappa shape index (κ3) is 2.84. The minimum atomic E-state index is -0.437. The molecule has 2 fully saturated rings. The molecule has 1 saturated carbocycles. The van der Waals surface area contributed by atoms with Crippen LogP contribution in [0, 0.1) is 21.4 Å². The molecule has 1 aliphatic heterocycles. The Balaban J connectivity index is 1.61. The zero-order valence-electron chi connectivity index (χ0n) is 14.1. The van der Waals surface area contributed by atoms with E-state index in [1.54, 1.807) is 12.1 Å². The van der Waals surface area contributed by atoms with Gasteiger partial charge in [0.1, 0.15) is 0 Å². The SMILES string of the molecule is CC(NC(=O)NC1C2CCOC2C1(C)C)c1cccc([N+](=O)[O-])c1. The summed E-state index contributed by atoms with van der Waals surface area (Å²) in [6.45, 7) is 6.78. The minimum absolute atomic E-state index is 0.0210. The maximum absolute atomic E-state index is 12.3. The monoisotopic (exact) mass is 333 g/mol. The topological polar surface area (TPSA) is 93.5 Å². The first-order valence-corrected chi connectivity index (χ1v) is 8.23. The third-order valence-electron chi connectivity index (χ3n) is 5.32. The number of ether oxygens (including phenoxy) is 1. The highest BCUT2D eigenvalue weighted by Gasteiger charge is 2.59. The number of amides is 2. The van der Waals surface area contributed by atoms with Crippen molar-refractivity contribution < 1.29 is 14.5 Å². The first kappa shape index (κ1) is 16.7. The number of hydrogen-bond donors (Lipinski definition) is 2. The molecule has 24 heavy (non-hydrogen) atoms. The molecule has 2 N–H and O–H groups in total. The molecule has 7 heteroatoms. The molecular weight excluding hydrogens is 310 g/mol. The van der Waals surface area contributed by atoms with Crippen LogP contribution in [0.4, 0.5) is 10.5 Å². The second-order valence-electron chi connectivity index (χ2n) is 7.23. The van der Waals surface area contributed by atoms with Crippen LogP contribution in [0.25, 0.3) is 0 Å². The molecule has 1 aliphatic carbocycles. The third-order valence-corrected chi connectivity index (χ3v) is 5.32. The van der Waals surface area contributed by atoms with Gasteiger partial charge in [0.05, 0.1) is 17.1 Å². The smallest absolute Gasteiger partial charge is 0.315 e. The number of benzene rings is 1. The molecule has 130 valence electrons. The van der Waals surface area contributed by atoms with Gasteiger partial charge in [-0.15, -0.1) is 0 Å². The summed E-state index contributed by atoms with van der Waals surface area (Å²) >= 11 is 0. The lowest BCUT2D eigenvalue weighted by atomic mass is 9.57. The molecule has 0 aromatic heterocycles. The number of nitrogens with zero attached hydrogens (tertiary/aromatic N) is 1. The Morgan fingerprint density at radius 3 is 2.92 bits per heavy atom. The Labute approximate surface area is 140 Å². The fourth-order valence-corrected chi connectivity index (χ4v) is 3.99. The second kappa shape index (κ2) is 6.05. The Morgan fingerprint density at radius 2 is 2.21 bits per heavy atom. The number of hydrogen-bond acceptors (Lipinski definition) is 4. The van der Waals surface area contributed by atoms with Gasteiger partial charge in [-0.25, -0.2) is 4.79 Å². The van der Waals surface area contributed by atoms with Gasteiger partial charge in [-0.05, 0) is 18.9 Å². The van der Waals surface area contributed by atoms with Gasteiger partial charge >= 0.3 is 6.03 Å². The highest BCUT2D eigenvalue weighted by molar-refractivity contribution is 5.75. The van der Waals surface area contributed by atoms with E-state index in [-0.39, 0.29) is 35.3 Å². The standard InChI is InChI=1S/C17H23N3O4/c1-10(11-5-4-6-12(9-11)20(22)23)18-16(21)19-14-13-7-8-24-15(13)17(14,2)3/h4-6,9-10,13-15H,7-8H2,1-3H3,(H2,18,19,21). The van der Waals surface area contributed by atoms with Crippen LogP contribution >= 0.6 is 0 Å². The van der Waals surface area contributed by atoms with E-state index in [1.165, 1.54) is 12.1 Å². The number of urea groups is 1. The second-order valence-corrected chi connectivity index (χ2v) is 7.23. The quantitative estimate of drug-likeness (QED) is 0.654. The van der Waals surface area contributed by atoms with Crippen molar-refractivity contribution in [2.45, 2.75) is 45.4 Å². The maximum Gasteiger partial charge on any atom is 0.315 e. The highest BCUT2D eigenvalue weighted by Crippen LogP contribution is 2.52. The van der Waals surface area contributed by atoms with Gasteiger partial charge < -0.3 is 15.4 Å². The van der Waals surface area contributed by atoms with Crippen molar-refractivity contribution in [1.82, 2.24) is 10.6 Å². The van der Waals surface area contributed by atoms with Crippen molar-refractivity contribution in [3.05, 3.63) is 39.9 Å². The molecule has 4 unspecified atom stereocenters. The molecule has 4 atom stereocenters. The Bertz CT molecular complexity index is 661. The van der Waals surface area contributed by atoms with Gasteiger partial charge in [0.15, 0.2) is 0 Å². The number of nitro groups is 1. The van der Waals surface area contributed by atoms with E-state index in [4.69, 9.17) is 4.74 Å². The molecule has 2 amide bonds. The minimum Gasteiger partial charge on any atom is -0.377 e. The number of nitrogens with one attached hydrogen (secondary N) is 2. The molecule has 0 spiro atoms. The van der Waals surface area contributed by atoms with Gasteiger partial charge in [0.2, 0.25) is 0 Å². The van der Waals surface area contributed by atoms with E-state index in [2.05, 4.69) is 24.5 Å². The van der Waals surface area contributed by atoms with Crippen LogP contribution in [0.3, 0.4) is 0 Å². The number of nitro benzene ring substituents is 1. The Kier molecular flexibility index (Phi) is 4.21. The number of rotatable bonds is 4. The largest absolute Gasteiger partial charge is 0.377 e. The zero-order chi connectivity index (χ0) is 17.5. The highest BCUT2D eigenvalue weighted by atomic mass is 16.6. The van der Waals surface area contributed by atoms with Crippen LogP contribution in [0.15, 0.2) is 24.3 Å². The Morgan fingerprint density at radius 1 is 1.46 bits per heavy atom. The van der Waals surface area contributed by atoms with E-state index in [0.29, 0.717) is 11.5 Å². The molecule has 7 nitrogen and oxygen atoms in total. The summed E-state index contributed by atoms with van der Waals surface area (Å²) in [5.41, 5.74) is 0.648.